The first-order valence-corrected chi connectivity index (χ1v) is 5.45. The smallest absolute Gasteiger partial charge is 0.249 e. The zero-order valence-electron chi connectivity index (χ0n) is 7.92. The van der Waals surface area contributed by atoms with Crippen LogP contribution in [0.1, 0.15) is 23.7 Å². The molecule has 0 aromatic heterocycles. The molecule has 0 heterocycles. The van der Waals surface area contributed by atoms with Gasteiger partial charge in [0.05, 0.1) is 12.2 Å². The fourth-order valence-electron chi connectivity index (χ4n) is 1.00. The standard InChI is InChI=1S/C10H12INO2/c1-2-5-14-7-3-4-9(11)8(6-7)10(12)13/h3-4,6H,2,5H2,1H3,(H2,12,13). The summed E-state index contributed by atoms with van der Waals surface area (Å²) in [6.45, 7) is 2.68. The molecule has 0 unspecified atom stereocenters. The molecule has 0 fully saturated rings. The Hall–Kier alpha value is -0.780. The molecule has 4 heteroatoms. The maximum Gasteiger partial charge on any atom is 0.249 e. The number of hydrogen-bond donors (Lipinski definition) is 1. The minimum Gasteiger partial charge on any atom is -0.494 e. The number of carbonyl (C=O) groups excluding carboxylic acids is 1. The first-order chi connectivity index (χ1) is 6.65. The van der Waals surface area contributed by atoms with Crippen LogP contribution in [-0.4, -0.2) is 12.5 Å². The highest BCUT2D eigenvalue weighted by atomic mass is 127. The van der Waals surface area contributed by atoms with Crippen LogP contribution in [0.5, 0.6) is 5.75 Å². The van der Waals surface area contributed by atoms with Crippen LogP contribution in [0.3, 0.4) is 0 Å². The maximum atomic E-state index is 11.0. The molecule has 0 radical (unpaired) electrons. The number of benzene rings is 1. The third-order valence-electron chi connectivity index (χ3n) is 1.68. The highest BCUT2D eigenvalue weighted by Gasteiger charge is 2.07. The first-order valence-electron chi connectivity index (χ1n) is 4.37. The van der Waals surface area contributed by atoms with Crippen molar-refractivity contribution in [1.29, 1.82) is 0 Å². The molecule has 1 aromatic carbocycles. The summed E-state index contributed by atoms with van der Waals surface area (Å²) in [5.74, 6) is 0.275. The molecule has 76 valence electrons. The Balaban J connectivity index is 2.89. The van der Waals surface area contributed by atoms with Crippen LogP contribution in [0, 0.1) is 3.57 Å². The van der Waals surface area contributed by atoms with Gasteiger partial charge in [0.25, 0.3) is 0 Å². The second kappa shape index (κ2) is 5.19. The minimum atomic E-state index is -0.420. The molecular formula is C10H12INO2. The third kappa shape index (κ3) is 2.87. The second-order valence-corrected chi connectivity index (χ2v) is 4.02. The molecule has 0 spiro atoms. The van der Waals surface area contributed by atoms with Crippen molar-refractivity contribution in [2.75, 3.05) is 6.61 Å². The SMILES string of the molecule is CCCOc1ccc(I)c(C(N)=O)c1. The Morgan fingerprint density at radius 3 is 2.86 bits per heavy atom. The summed E-state index contributed by atoms with van der Waals surface area (Å²) in [6.07, 6.45) is 0.942. The number of hydrogen-bond acceptors (Lipinski definition) is 2. The summed E-state index contributed by atoms with van der Waals surface area (Å²) in [6, 6.07) is 5.34. The summed E-state index contributed by atoms with van der Waals surface area (Å²) < 4.78 is 6.24. The van der Waals surface area contributed by atoms with Crippen molar-refractivity contribution in [2.45, 2.75) is 13.3 Å². The van der Waals surface area contributed by atoms with Crippen molar-refractivity contribution in [1.82, 2.24) is 0 Å². The number of amides is 1. The molecule has 0 aliphatic carbocycles. The van der Waals surface area contributed by atoms with E-state index in [1.807, 2.05) is 19.1 Å². The van der Waals surface area contributed by atoms with Crippen molar-refractivity contribution in [3.05, 3.63) is 27.3 Å². The van der Waals surface area contributed by atoms with E-state index in [1.165, 1.54) is 0 Å². The van der Waals surface area contributed by atoms with Crippen molar-refractivity contribution >= 4 is 28.5 Å². The fraction of sp³-hybridized carbons (Fsp3) is 0.300. The Labute approximate surface area is 96.8 Å². The lowest BCUT2D eigenvalue weighted by atomic mass is 10.2. The van der Waals surface area contributed by atoms with Gasteiger partial charge in [-0.05, 0) is 47.2 Å². The van der Waals surface area contributed by atoms with Crippen LogP contribution in [0.4, 0.5) is 0 Å². The molecule has 0 aliphatic rings. The normalized spacial score (nSPS) is 9.86. The summed E-state index contributed by atoms with van der Waals surface area (Å²) in [4.78, 5) is 11.0. The highest BCUT2D eigenvalue weighted by Crippen LogP contribution is 2.19. The van der Waals surface area contributed by atoms with Crippen LogP contribution >= 0.6 is 22.6 Å². The number of rotatable bonds is 4. The summed E-state index contributed by atoms with van der Waals surface area (Å²) in [7, 11) is 0. The quantitative estimate of drug-likeness (QED) is 0.867. The molecule has 0 saturated heterocycles. The van der Waals surface area contributed by atoms with Gasteiger partial charge in [-0.25, -0.2) is 0 Å². The van der Waals surface area contributed by atoms with Crippen LogP contribution in [0.2, 0.25) is 0 Å². The van der Waals surface area contributed by atoms with Gasteiger partial charge in [-0.1, -0.05) is 6.92 Å². The van der Waals surface area contributed by atoms with E-state index in [0.717, 1.165) is 9.99 Å². The van der Waals surface area contributed by atoms with Crippen molar-refractivity contribution in [3.63, 3.8) is 0 Å². The van der Waals surface area contributed by atoms with Gasteiger partial charge < -0.3 is 10.5 Å². The topological polar surface area (TPSA) is 52.3 Å². The summed E-state index contributed by atoms with van der Waals surface area (Å²) >= 11 is 2.07. The van der Waals surface area contributed by atoms with Gasteiger partial charge in [0, 0.05) is 3.57 Å². The molecule has 0 atom stereocenters. The van der Waals surface area contributed by atoms with Crippen LogP contribution in [0.25, 0.3) is 0 Å². The third-order valence-corrected chi connectivity index (χ3v) is 2.62. The van der Waals surface area contributed by atoms with Gasteiger partial charge in [-0.15, -0.1) is 0 Å². The van der Waals surface area contributed by atoms with Gasteiger partial charge in [-0.2, -0.15) is 0 Å². The van der Waals surface area contributed by atoms with E-state index in [2.05, 4.69) is 22.6 Å². The van der Waals surface area contributed by atoms with Crippen molar-refractivity contribution < 1.29 is 9.53 Å². The molecule has 0 bridgehead atoms. The van der Waals surface area contributed by atoms with Gasteiger partial charge in [0.15, 0.2) is 0 Å². The first kappa shape index (κ1) is 11.3. The lowest BCUT2D eigenvalue weighted by molar-refractivity contribution is 0.0999. The summed E-state index contributed by atoms with van der Waals surface area (Å²) in [5, 5.41) is 0. The van der Waals surface area contributed by atoms with Crippen LogP contribution < -0.4 is 10.5 Å². The molecule has 1 rings (SSSR count). The van der Waals surface area contributed by atoms with E-state index in [-0.39, 0.29) is 0 Å². The summed E-state index contributed by atoms with van der Waals surface area (Å²) in [5.41, 5.74) is 5.73. The number of ether oxygens (including phenoxy) is 1. The zero-order chi connectivity index (χ0) is 10.6. The molecule has 3 nitrogen and oxygen atoms in total. The number of carbonyl (C=O) groups is 1. The van der Waals surface area contributed by atoms with Crippen molar-refractivity contribution in [3.8, 4) is 5.75 Å². The average molecular weight is 305 g/mol. The fourth-order valence-corrected chi connectivity index (χ4v) is 1.60. The minimum absolute atomic E-state index is 0.420. The number of nitrogens with two attached hydrogens (primary N) is 1. The van der Waals surface area contributed by atoms with Crippen LogP contribution in [-0.2, 0) is 0 Å². The molecule has 14 heavy (non-hydrogen) atoms. The van der Waals surface area contributed by atoms with Gasteiger partial charge >= 0.3 is 0 Å². The van der Waals surface area contributed by atoms with E-state index >= 15 is 0 Å². The predicted molar refractivity (Wildman–Crippen MR) is 63.5 cm³/mol. The van der Waals surface area contributed by atoms with E-state index in [0.29, 0.717) is 17.9 Å². The monoisotopic (exact) mass is 305 g/mol. The van der Waals surface area contributed by atoms with Crippen molar-refractivity contribution in [2.24, 2.45) is 5.73 Å². The van der Waals surface area contributed by atoms with E-state index in [1.54, 1.807) is 6.07 Å². The number of primary amides is 1. The Morgan fingerprint density at radius 2 is 2.29 bits per heavy atom. The molecular weight excluding hydrogens is 293 g/mol. The molecule has 1 aromatic rings. The molecule has 0 aliphatic heterocycles. The Morgan fingerprint density at radius 1 is 1.57 bits per heavy atom. The lowest BCUT2D eigenvalue weighted by Gasteiger charge is -2.06. The van der Waals surface area contributed by atoms with Gasteiger partial charge in [-0.3, -0.25) is 4.79 Å². The van der Waals surface area contributed by atoms with Crippen LogP contribution in [0.15, 0.2) is 18.2 Å². The van der Waals surface area contributed by atoms with E-state index in [4.69, 9.17) is 10.5 Å². The average Bonchev–Trinajstić information content (AvgIpc) is 2.16. The van der Waals surface area contributed by atoms with E-state index < -0.39 is 5.91 Å². The van der Waals surface area contributed by atoms with Gasteiger partial charge in [0.1, 0.15) is 5.75 Å². The predicted octanol–water partition coefficient (Wildman–Crippen LogP) is 2.18. The second-order valence-electron chi connectivity index (χ2n) is 2.85. The number of halogens is 1. The Bertz CT molecular complexity index is 339. The van der Waals surface area contributed by atoms with Gasteiger partial charge in [0.2, 0.25) is 5.91 Å². The van der Waals surface area contributed by atoms with E-state index in [9.17, 15) is 4.79 Å². The lowest BCUT2D eigenvalue weighted by Crippen LogP contribution is -2.13. The molecule has 2 N–H and O–H groups in total. The largest absolute Gasteiger partial charge is 0.494 e. The maximum absolute atomic E-state index is 11.0. The molecule has 1 amide bonds. The molecule has 0 saturated carbocycles. The zero-order valence-corrected chi connectivity index (χ0v) is 10.1. The highest BCUT2D eigenvalue weighted by molar-refractivity contribution is 14.1. The Kier molecular flexibility index (Phi) is 4.19.